The van der Waals surface area contributed by atoms with Crippen LogP contribution in [0, 0.1) is 16.0 Å². The summed E-state index contributed by atoms with van der Waals surface area (Å²) in [6.07, 6.45) is 3.96. The molecule has 1 aliphatic rings. The molecule has 0 saturated heterocycles. The molecule has 24 heavy (non-hydrogen) atoms. The molecule has 1 aromatic carbocycles. The van der Waals surface area contributed by atoms with Gasteiger partial charge >= 0.3 is 0 Å². The number of benzene rings is 1. The largest absolute Gasteiger partial charge is 0.388 e. The molecule has 3 unspecified atom stereocenters. The Morgan fingerprint density at radius 2 is 2.08 bits per heavy atom. The summed E-state index contributed by atoms with van der Waals surface area (Å²) in [4.78, 5) is 12.9. The summed E-state index contributed by atoms with van der Waals surface area (Å²) in [5.74, 6) is 0.376. The van der Waals surface area contributed by atoms with E-state index < -0.39 is 5.60 Å². The van der Waals surface area contributed by atoms with E-state index in [1.165, 1.54) is 0 Å². The third-order valence-electron chi connectivity index (χ3n) is 4.73. The number of nitrogens with zero attached hydrogens (tertiary/aromatic N) is 2. The van der Waals surface area contributed by atoms with Crippen molar-refractivity contribution in [2.75, 3.05) is 27.2 Å². The van der Waals surface area contributed by atoms with E-state index in [1.807, 2.05) is 38.1 Å². The quantitative estimate of drug-likeness (QED) is 0.562. The van der Waals surface area contributed by atoms with Crippen molar-refractivity contribution in [1.82, 2.24) is 10.2 Å². The van der Waals surface area contributed by atoms with Crippen LogP contribution in [-0.2, 0) is 6.42 Å². The second-order valence-electron chi connectivity index (χ2n) is 7.50. The zero-order valence-corrected chi connectivity index (χ0v) is 14.9. The zero-order chi connectivity index (χ0) is 17.7. The lowest BCUT2D eigenvalue weighted by molar-refractivity contribution is -0.385. The first-order chi connectivity index (χ1) is 11.3. The minimum absolute atomic E-state index is 0.211. The van der Waals surface area contributed by atoms with Crippen LogP contribution in [0.15, 0.2) is 24.3 Å². The van der Waals surface area contributed by atoms with E-state index in [1.54, 1.807) is 12.1 Å². The molecule has 3 atom stereocenters. The van der Waals surface area contributed by atoms with Crippen LogP contribution < -0.4 is 5.32 Å². The smallest absolute Gasteiger partial charge is 0.272 e. The number of hydrogen-bond donors (Lipinski definition) is 2. The maximum absolute atomic E-state index is 11.2. The molecule has 0 heterocycles. The minimum atomic E-state index is -0.782. The first kappa shape index (κ1) is 18.8. The molecule has 6 heteroatoms. The van der Waals surface area contributed by atoms with Gasteiger partial charge < -0.3 is 15.3 Å². The Bertz CT molecular complexity index is 560. The van der Waals surface area contributed by atoms with Gasteiger partial charge in [0, 0.05) is 30.8 Å². The summed E-state index contributed by atoms with van der Waals surface area (Å²) in [7, 11) is 3.89. The third-order valence-corrected chi connectivity index (χ3v) is 4.73. The van der Waals surface area contributed by atoms with Crippen LogP contribution in [0.5, 0.6) is 0 Å². The van der Waals surface area contributed by atoms with E-state index in [4.69, 9.17) is 0 Å². The van der Waals surface area contributed by atoms with E-state index in [0.717, 1.165) is 24.8 Å². The molecule has 0 amide bonds. The number of rotatable bonds is 8. The van der Waals surface area contributed by atoms with Gasteiger partial charge in [-0.05, 0) is 46.2 Å². The number of aliphatic hydroxyl groups is 1. The van der Waals surface area contributed by atoms with E-state index >= 15 is 0 Å². The molecular formula is C18H29N3O3. The number of para-hydroxylation sites is 1. The van der Waals surface area contributed by atoms with Gasteiger partial charge in [-0.25, -0.2) is 0 Å². The lowest BCUT2D eigenvalue weighted by Crippen LogP contribution is -2.49. The molecule has 0 aliphatic heterocycles. The summed E-state index contributed by atoms with van der Waals surface area (Å²) in [6, 6.07) is 7.31. The van der Waals surface area contributed by atoms with Gasteiger partial charge in [0.2, 0.25) is 0 Å². The van der Waals surface area contributed by atoms with Gasteiger partial charge in [0.05, 0.1) is 10.5 Å². The zero-order valence-electron chi connectivity index (χ0n) is 14.9. The van der Waals surface area contributed by atoms with Gasteiger partial charge in [0.15, 0.2) is 0 Å². The average molecular weight is 335 g/mol. The van der Waals surface area contributed by atoms with Crippen molar-refractivity contribution in [2.45, 2.75) is 44.2 Å². The molecule has 0 bridgehead atoms. The van der Waals surface area contributed by atoms with Gasteiger partial charge in [-0.1, -0.05) is 24.6 Å². The first-order valence-electron chi connectivity index (χ1n) is 8.61. The number of hydrogen-bond acceptors (Lipinski definition) is 5. The molecule has 1 saturated carbocycles. The Balaban J connectivity index is 1.97. The summed E-state index contributed by atoms with van der Waals surface area (Å²) in [5, 5.41) is 25.1. The molecule has 2 rings (SSSR count). The predicted molar refractivity (Wildman–Crippen MR) is 95.1 cm³/mol. The topological polar surface area (TPSA) is 78.6 Å². The number of nitro benzene ring substituents is 1. The standard InChI is InChI=1S/C18H29N3O3/c1-18(22,13-20(2)3)12-19-16-9-6-8-14(16)11-15-7-4-5-10-17(15)21(23)24/h4-5,7,10,14,16,19,22H,6,8-9,11-13H2,1-3H3. The van der Waals surface area contributed by atoms with Crippen LogP contribution in [-0.4, -0.2) is 53.8 Å². The Kier molecular flexibility index (Phi) is 6.32. The SMILES string of the molecule is CN(C)CC(C)(O)CNC1CCCC1Cc1ccccc1[N+](=O)[O-]. The fraction of sp³-hybridized carbons (Fsp3) is 0.667. The molecule has 1 aromatic rings. The maximum Gasteiger partial charge on any atom is 0.272 e. The maximum atomic E-state index is 11.2. The highest BCUT2D eigenvalue weighted by Gasteiger charge is 2.31. The van der Waals surface area contributed by atoms with Crippen LogP contribution in [0.25, 0.3) is 0 Å². The fourth-order valence-corrected chi connectivity index (χ4v) is 3.78. The van der Waals surface area contributed by atoms with Gasteiger partial charge in [0.25, 0.3) is 5.69 Å². The second-order valence-corrected chi connectivity index (χ2v) is 7.50. The van der Waals surface area contributed by atoms with Crippen molar-refractivity contribution in [2.24, 2.45) is 5.92 Å². The number of nitrogens with one attached hydrogen (secondary N) is 1. The molecule has 0 radical (unpaired) electrons. The molecule has 0 spiro atoms. The lowest BCUT2D eigenvalue weighted by Gasteiger charge is -2.30. The highest BCUT2D eigenvalue weighted by Crippen LogP contribution is 2.31. The normalized spacial score (nSPS) is 23.4. The van der Waals surface area contributed by atoms with Crippen molar-refractivity contribution in [1.29, 1.82) is 0 Å². The fourth-order valence-electron chi connectivity index (χ4n) is 3.78. The predicted octanol–water partition coefficient (Wildman–Crippen LogP) is 2.21. The third kappa shape index (κ3) is 5.26. The van der Waals surface area contributed by atoms with Crippen LogP contribution in [0.2, 0.25) is 0 Å². The average Bonchev–Trinajstić information content (AvgIpc) is 2.91. The van der Waals surface area contributed by atoms with Crippen molar-refractivity contribution < 1.29 is 10.0 Å². The van der Waals surface area contributed by atoms with Gasteiger partial charge in [-0.15, -0.1) is 0 Å². The molecule has 6 nitrogen and oxygen atoms in total. The highest BCUT2D eigenvalue weighted by atomic mass is 16.6. The Morgan fingerprint density at radius 1 is 1.38 bits per heavy atom. The van der Waals surface area contributed by atoms with Gasteiger partial charge in [0.1, 0.15) is 0 Å². The highest BCUT2D eigenvalue weighted by molar-refractivity contribution is 5.40. The lowest BCUT2D eigenvalue weighted by atomic mass is 9.93. The molecule has 0 aromatic heterocycles. The van der Waals surface area contributed by atoms with E-state index in [2.05, 4.69) is 5.32 Å². The second kappa shape index (κ2) is 8.05. The molecule has 1 aliphatic carbocycles. The van der Waals surface area contributed by atoms with Gasteiger partial charge in [-0.3, -0.25) is 10.1 Å². The number of nitro groups is 1. The Hall–Kier alpha value is -1.50. The molecule has 2 N–H and O–H groups in total. The molecule has 1 fully saturated rings. The summed E-state index contributed by atoms with van der Waals surface area (Å²) in [5.41, 5.74) is 0.235. The van der Waals surface area contributed by atoms with E-state index in [-0.39, 0.29) is 10.6 Å². The van der Waals surface area contributed by atoms with Crippen LogP contribution in [0.3, 0.4) is 0 Å². The van der Waals surface area contributed by atoms with Crippen LogP contribution in [0.4, 0.5) is 5.69 Å². The Morgan fingerprint density at radius 3 is 2.75 bits per heavy atom. The van der Waals surface area contributed by atoms with Crippen LogP contribution in [0.1, 0.15) is 31.7 Å². The Labute approximate surface area is 144 Å². The summed E-state index contributed by atoms with van der Waals surface area (Å²) < 4.78 is 0. The van der Waals surface area contributed by atoms with Crippen LogP contribution >= 0.6 is 0 Å². The van der Waals surface area contributed by atoms with E-state index in [9.17, 15) is 15.2 Å². The molecular weight excluding hydrogens is 306 g/mol. The molecule has 134 valence electrons. The monoisotopic (exact) mass is 335 g/mol. The van der Waals surface area contributed by atoms with Crippen molar-refractivity contribution in [3.05, 3.63) is 39.9 Å². The van der Waals surface area contributed by atoms with Crippen molar-refractivity contribution >= 4 is 5.69 Å². The van der Waals surface area contributed by atoms with Crippen molar-refractivity contribution in [3.63, 3.8) is 0 Å². The summed E-state index contributed by atoms with van der Waals surface area (Å²) >= 11 is 0. The van der Waals surface area contributed by atoms with Crippen molar-refractivity contribution in [3.8, 4) is 0 Å². The summed E-state index contributed by atoms with van der Waals surface area (Å²) in [6.45, 7) is 2.97. The van der Waals surface area contributed by atoms with E-state index in [0.29, 0.717) is 31.5 Å². The number of likely N-dealkylation sites (N-methyl/N-ethyl adjacent to an activating group) is 1. The minimum Gasteiger partial charge on any atom is -0.388 e. The first-order valence-corrected chi connectivity index (χ1v) is 8.61. The van der Waals surface area contributed by atoms with Gasteiger partial charge in [-0.2, -0.15) is 0 Å².